The van der Waals surface area contributed by atoms with Crippen LogP contribution in [0.25, 0.3) is 0 Å². The second kappa shape index (κ2) is 19.7. The first-order valence-electron chi connectivity index (χ1n) is 9.79. The summed E-state index contributed by atoms with van der Waals surface area (Å²) >= 11 is 19.5. The minimum Gasteiger partial charge on any atom is -0.428 e. The van der Waals surface area contributed by atoms with Gasteiger partial charge >= 0.3 is 23.9 Å². The molecule has 4 aromatic rings. The second-order valence-electron chi connectivity index (χ2n) is 6.36. The van der Waals surface area contributed by atoms with Crippen molar-refractivity contribution in [1.29, 1.82) is 0 Å². The van der Waals surface area contributed by atoms with Gasteiger partial charge in [-0.05, 0) is 48.2 Å². The van der Waals surface area contributed by atoms with Gasteiger partial charge in [0, 0.05) is 0 Å². The predicted molar refractivity (Wildman–Crippen MR) is 157 cm³/mol. The molecule has 164 valence electrons. The van der Waals surface area contributed by atoms with Gasteiger partial charge in [-0.1, -0.05) is 109 Å². The van der Waals surface area contributed by atoms with Crippen molar-refractivity contribution in [3.63, 3.8) is 0 Å². The Balaban J connectivity index is 0.000000420. The van der Waals surface area contributed by atoms with Gasteiger partial charge in [0.25, 0.3) is 0 Å². The molecule has 4 rings (SSSR count). The zero-order valence-electron chi connectivity index (χ0n) is 18.5. The van der Waals surface area contributed by atoms with Crippen LogP contribution in [0, 0.1) is 26.0 Å². The molecule has 0 heterocycles. The van der Waals surface area contributed by atoms with Crippen LogP contribution in [-0.4, -0.2) is 32.3 Å². The van der Waals surface area contributed by atoms with Gasteiger partial charge in [0.2, 0.25) is 0 Å². The number of rotatable bonds is 2. The molecule has 4 aromatic carbocycles. The van der Waals surface area contributed by atoms with E-state index in [1.807, 2.05) is 123 Å². The van der Waals surface area contributed by atoms with Gasteiger partial charge in [-0.15, -0.1) is 8.39 Å². The van der Waals surface area contributed by atoms with E-state index in [1.165, 1.54) is 0 Å². The molecule has 0 unspecified atom stereocenters. The minimum atomic E-state index is 0. The fourth-order valence-corrected chi connectivity index (χ4v) is 3.20. The Morgan fingerprint density at radius 2 is 0.848 bits per heavy atom. The van der Waals surface area contributed by atoms with E-state index in [4.69, 9.17) is 49.7 Å². The van der Waals surface area contributed by atoms with Crippen molar-refractivity contribution in [2.24, 2.45) is 0 Å². The fourth-order valence-electron chi connectivity index (χ4n) is 2.29. The zero-order chi connectivity index (χ0) is 23.6. The topological polar surface area (TPSA) is 0 Å². The van der Waals surface area contributed by atoms with E-state index in [1.54, 1.807) is 0 Å². The molecule has 0 aliphatic carbocycles. The summed E-state index contributed by atoms with van der Waals surface area (Å²) in [6, 6.07) is 40.8. The van der Waals surface area contributed by atoms with E-state index in [2.05, 4.69) is 12.1 Å². The van der Waals surface area contributed by atoms with E-state index in [9.17, 15) is 0 Å². The van der Waals surface area contributed by atoms with Crippen LogP contribution in [0.1, 0.15) is 22.3 Å². The zero-order valence-corrected chi connectivity index (χ0v) is 24.6. The first-order chi connectivity index (χ1) is 15.4. The molecule has 0 amide bonds. The summed E-state index contributed by atoms with van der Waals surface area (Å²) in [6.07, 6.45) is 0. The van der Waals surface area contributed by atoms with Gasteiger partial charge in [-0.2, -0.15) is 0 Å². The van der Waals surface area contributed by atoms with E-state index >= 15 is 0 Å². The molecule has 0 aliphatic heterocycles. The summed E-state index contributed by atoms with van der Waals surface area (Å²) in [5.41, 5.74) is 4.32. The Hall–Kier alpha value is -1.70. The summed E-state index contributed by atoms with van der Waals surface area (Å²) < 4.78 is 1.11. The first-order valence-corrected chi connectivity index (χ1v) is 11.4. The number of thiocarbonyl (C=S) groups is 2. The first kappa shape index (κ1) is 31.3. The molecule has 0 fully saturated rings. The Morgan fingerprint density at radius 1 is 0.545 bits per heavy atom. The van der Waals surface area contributed by atoms with Crippen molar-refractivity contribution < 1.29 is 0 Å². The average Bonchev–Trinajstić information content (AvgIpc) is 2.83. The predicted octanol–water partition coefficient (Wildman–Crippen LogP) is 7.03. The minimum absolute atomic E-state index is 0. The molecular formula is C28H24S4Sn. The third-order valence-corrected chi connectivity index (χ3v) is 4.82. The number of hydrogen-bond donors (Lipinski definition) is 0. The normalized spacial score (nSPS) is 8.55. The third kappa shape index (κ3) is 14.9. The van der Waals surface area contributed by atoms with Crippen LogP contribution in [0.5, 0.6) is 0 Å². The van der Waals surface area contributed by atoms with Crippen LogP contribution >= 0.6 is 24.4 Å². The van der Waals surface area contributed by atoms with Crippen molar-refractivity contribution in [2.75, 3.05) is 0 Å². The maximum absolute atomic E-state index is 4.86. The van der Waals surface area contributed by atoms with Gasteiger partial charge < -0.3 is 49.7 Å². The van der Waals surface area contributed by atoms with Crippen LogP contribution < -0.4 is 0 Å². The third-order valence-electron chi connectivity index (χ3n) is 3.94. The van der Waals surface area contributed by atoms with Gasteiger partial charge in [-0.25, -0.2) is 0 Å². The van der Waals surface area contributed by atoms with Crippen molar-refractivity contribution in [2.45, 2.75) is 13.8 Å². The van der Waals surface area contributed by atoms with E-state index < -0.39 is 0 Å². The number of benzene rings is 4. The quantitative estimate of drug-likeness (QED) is 0.136. The number of aryl methyl sites for hydroxylation is 2. The monoisotopic (exact) mass is 608 g/mol. The van der Waals surface area contributed by atoms with Gasteiger partial charge in [0.15, 0.2) is 0 Å². The summed E-state index contributed by atoms with van der Waals surface area (Å²) in [5.74, 6) is 0. The van der Waals surface area contributed by atoms with Gasteiger partial charge in [0.05, 0.1) is 0 Å². The molecule has 0 spiro atoms. The maximum atomic E-state index is 4.86. The summed E-state index contributed by atoms with van der Waals surface area (Å²) in [4.78, 5) is 0. The molecule has 0 N–H and O–H groups in total. The molecule has 5 heteroatoms. The summed E-state index contributed by atoms with van der Waals surface area (Å²) in [7, 11) is 0. The fraction of sp³-hybridized carbons (Fsp3) is 0.0714. The van der Waals surface area contributed by atoms with Crippen LogP contribution in [0.2, 0.25) is 0 Å². The molecule has 0 aliphatic rings. The van der Waals surface area contributed by atoms with Gasteiger partial charge in [-0.3, -0.25) is 0 Å². The molecule has 33 heavy (non-hydrogen) atoms. The van der Waals surface area contributed by atoms with Gasteiger partial charge in [0.1, 0.15) is 0 Å². The maximum Gasteiger partial charge on any atom is 2.00 e. The SMILES string of the molecule is Cc1ccccc1C(=S)[S-].Cc1ccccc1C(=S)[S-].[Sn+2].[c]1ccccc1.[c]1ccccc1. The van der Waals surface area contributed by atoms with Crippen molar-refractivity contribution in [3.05, 3.63) is 144 Å². The Kier molecular flexibility index (Phi) is 18.7. The van der Waals surface area contributed by atoms with Crippen LogP contribution in [0.15, 0.2) is 109 Å². The smallest absolute Gasteiger partial charge is 0.428 e. The molecular weight excluding hydrogens is 583 g/mol. The van der Waals surface area contributed by atoms with E-state index in [0.717, 1.165) is 22.3 Å². The van der Waals surface area contributed by atoms with E-state index in [-0.39, 0.29) is 23.9 Å². The van der Waals surface area contributed by atoms with Crippen LogP contribution in [0.4, 0.5) is 0 Å². The molecule has 0 saturated heterocycles. The second-order valence-corrected chi connectivity index (χ2v) is 8.51. The van der Waals surface area contributed by atoms with Crippen molar-refractivity contribution in [3.8, 4) is 0 Å². The van der Waals surface area contributed by atoms with E-state index in [0.29, 0.717) is 8.39 Å². The Morgan fingerprint density at radius 3 is 1.00 bits per heavy atom. The Labute approximate surface area is 237 Å². The average molecular weight is 607 g/mol. The molecule has 0 saturated carbocycles. The summed E-state index contributed by atoms with van der Waals surface area (Å²) in [6.45, 7) is 4.02. The van der Waals surface area contributed by atoms with Crippen LogP contribution in [0.3, 0.4) is 0 Å². The molecule has 0 bridgehead atoms. The summed E-state index contributed by atoms with van der Waals surface area (Å²) in [5, 5.41) is 0. The standard InChI is InChI=1S/2C8H8S2.2C6H5.Sn/c2*1-6-4-2-3-5-7(6)8(9)10;2*1-2-4-6-5-3-1;/h2*2-5H,1H3,(H,9,10);2*1-5H;/q;;;;+2/p-2. The largest absolute Gasteiger partial charge is 2.00 e. The molecule has 4 radical (unpaired) electrons. The van der Waals surface area contributed by atoms with Crippen molar-refractivity contribution >= 4 is 82.0 Å². The Bertz CT molecular complexity index is 911. The van der Waals surface area contributed by atoms with Crippen LogP contribution in [-0.2, 0) is 25.3 Å². The molecule has 0 aromatic heterocycles. The molecule has 0 nitrogen and oxygen atoms in total. The molecule has 0 atom stereocenters. The van der Waals surface area contributed by atoms with Crippen molar-refractivity contribution in [1.82, 2.24) is 0 Å². The number of hydrogen-bond acceptors (Lipinski definition) is 4.